The third-order valence-corrected chi connectivity index (χ3v) is 4.05. The van der Waals surface area contributed by atoms with Gasteiger partial charge in [-0.15, -0.1) is 0 Å². The molecule has 1 unspecified atom stereocenters. The van der Waals surface area contributed by atoms with Gasteiger partial charge in [0, 0.05) is 12.6 Å². The SMILES string of the molecule is CCCC(C)N(CC)P(N)(N)=S. The lowest BCUT2D eigenvalue weighted by Gasteiger charge is -2.32. The number of nitrogens with two attached hydrogens (primary N) is 2. The number of hydrogen-bond donors (Lipinski definition) is 2. The van der Waals surface area contributed by atoms with Gasteiger partial charge in [-0.05, 0) is 25.2 Å². The van der Waals surface area contributed by atoms with E-state index in [1.165, 1.54) is 0 Å². The molecule has 3 nitrogen and oxygen atoms in total. The second kappa shape index (κ2) is 5.30. The van der Waals surface area contributed by atoms with Gasteiger partial charge in [0.05, 0.1) is 0 Å². The molecule has 4 N–H and O–H groups in total. The minimum Gasteiger partial charge on any atom is -0.279 e. The van der Waals surface area contributed by atoms with Crippen LogP contribution in [0.25, 0.3) is 0 Å². The van der Waals surface area contributed by atoms with E-state index < -0.39 is 6.49 Å². The van der Waals surface area contributed by atoms with Crippen LogP contribution >= 0.6 is 6.49 Å². The summed E-state index contributed by atoms with van der Waals surface area (Å²) in [5.41, 5.74) is 11.5. The smallest absolute Gasteiger partial charge is 0.135 e. The molecule has 0 heterocycles. The van der Waals surface area contributed by atoms with Gasteiger partial charge in [0.25, 0.3) is 0 Å². The van der Waals surface area contributed by atoms with Crippen LogP contribution < -0.4 is 11.0 Å². The highest BCUT2D eigenvalue weighted by Gasteiger charge is 2.20. The fraction of sp³-hybridized carbons (Fsp3) is 1.00. The van der Waals surface area contributed by atoms with E-state index in [9.17, 15) is 0 Å². The summed E-state index contributed by atoms with van der Waals surface area (Å²) in [5.74, 6) is 0. The normalized spacial score (nSPS) is 15.2. The molecule has 0 aliphatic carbocycles. The molecule has 0 aliphatic rings. The average molecular weight is 209 g/mol. The Morgan fingerprint density at radius 3 is 2.17 bits per heavy atom. The largest absolute Gasteiger partial charge is 0.279 e. The first-order valence-electron chi connectivity index (χ1n) is 4.37. The molecule has 0 saturated carbocycles. The van der Waals surface area contributed by atoms with Crippen molar-refractivity contribution in [3.63, 3.8) is 0 Å². The lowest BCUT2D eigenvalue weighted by Crippen LogP contribution is -2.35. The number of nitrogens with zero attached hydrogens (tertiary/aromatic N) is 1. The maximum Gasteiger partial charge on any atom is 0.135 e. The quantitative estimate of drug-likeness (QED) is 0.676. The number of hydrogen-bond acceptors (Lipinski definition) is 1. The molecule has 74 valence electrons. The Hall–Kier alpha value is 0.530. The maximum absolute atomic E-state index is 5.75. The van der Waals surface area contributed by atoms with Crippen molar-refractivity contribution < 1.29 is 0 Å². The van der Waals surface area contributed by atoms with Gasteiger partial charge in [-0.2, -0.15) is 0 Å². The molecule has 0 saturated heterocycles. The zero-order valence-corrected chi connectivity index (χ0v) is 9.87. The van der Waals surface area contributed by atoms with Gasteiger partial charge in [-0.1, -0.05) is 20.3 Å². The highest BCUT2D eigenvalue weighted by Crippen LogP contribution is 2.34. The van der Waals surface area contributed by atoms with Crippen molar-refractivity contribution in [1.29, 1.82) is 0 Å². The van der Waals surface area contributed by atoms with Crippen molar-refractivity contribution in [2.24, 2.45) is 11.0 Å². The number of rotatable bonds is 5. The van der Waals surface area contributed by atoms with Crippen LogP contribution in [0.4, 0.5) is 0 Å². The topological polar surface area (TPSA) is 55.3 Å². The predicted molar refractivity (Wildman–Crippen MR) is 59.4 cm³/mol. The lowest BCUT2D eigenvalue weighted by molar-refractivity contribution is 0.354. The molecule has 0 spiro atoms. The van der Waals surface area contributed by atoms with Crippen LogP contribution in [0.1, 0.15) is 33.6 Å². The molecule has 1 atom stereocenters. The zero-order valence-electron chi connectivity index (χ0n) is 8.16. The molecular formula is C7H20N3PS. The van der Waals surface area contributed by atoms with Crippen LogP contribution in [0, 0.1) is 0 Å². The van der Waals surface area contributed by atoms with Crippen molar-refractivity contribution in [1.82, 2.24) is 4.67 Å². The van der Waals surface area contributed by atoms with Gasteiger partial charge in [0.2, 0.25) is 0 Å². The fourth-order valence-corrected chi connectivity index (χ4v) is 3.41. The summed E-state index contributed by atoms with van der Waals surface area (Å²) >= 11 is 5.09. The van der Waals surface area contributed by atoms with Gasteiger partial charge in [0.1, 0.15) is 6.49 Å². The molecule has 0 aromatic carbocycles. The second-order valence-corrected chi connectivity index (χ2v) is 6.68. The standard InChI is InChI=1S/C7H20N3PS/c1-4-6-7(3)10(5-2)11(8,9)12/h7H,4-6H2,1-3H3,(H4,8,9,12). The van der Waals surface area contributed by atoms with Gasteiger partial charge >= 0.3 is 0 Å². The fourth-order valence-electron chi connectivity index (χ4n) is 1.41. The summed E-state index contributed by atoms with van der Waals surface area (Å²) in [6.45, 7) is 4.99. The van der Waals surface area contributed by atoms with E-state index in [-0.39, 0.29) is 0 Å². The monoisotopic (exact) mass is 209 g/mol. The summed E-state index contributed by atoms with van der Waals surface area (Å²) in [4.78, 5) is 0. The summed E-state index contributed by atoms with van der Waals surface area (Å²) in [6, 6.07) is 0.417. The highest BCUT2D eigenvalue weighted by atomic mass is 32.4. The molecule has 0 amide bonds. The first kappa shape index (κ1) is 12.5. The van der Waals surface area contributed by atoms with Crippen molar-refractivity contribution in [2.45, 2.75) is 39.7 Å². The summed E-state index contributed by atoms with van der Waals surface area (Å²) in [5, 5.41) is 0. The van der Waals surface area contributed by atoms with Crippen molar-refractivity contribution in [2.75, 3.05) is 6.54 Å². The third-order valence-electron chi connectivity index (χ3n) is 1.94. The Morgan fingerprint density at radius 1 is 1.42 bits per heavy atom. The van der Waals surface area contributed by atoms with Gasteiger partial charge in [-0.3, -0.25) is 11.0 Å². The Labute approximate surface area is 80.7 Å². The van der Waals surface area contributed by atoms with Crippen LogP contribution in [0.2, 0.25) is 0 Å². The molecule has 0 aliphatic heterocycles. The molecule has 12 heavy (non-hydrogen) atoms. The Morgan fingerprint density at radius 2 is 1.92 bits per heavy atom. The minimum absolute atomic E-state index is 0.417. The van der Waals surface area contributed by atoms with Crippen LogP contribution in [-0.2, 0) is 11.8 Å². The summed E-state index contributed by atoms with van der Waals surface area (Å²) in [7, 11) is 0. The zero-order chi connectivity index (χ0) is 9.78. The van der Waals surface area contributed by atoms with E-state index in [0.717, 1.165) is 19.4 Å². The van der Waals surface area contributed by atoms with Gasteiger partial charge in [-0.25, -0.2) is 4.67 Å². The molecule has 0 fully saturated rings. The minimum atomic E-state index is -2.20. The Balaban J connectivity index is 4.25. The summed E-state index contributed by atoms with van der Waals surface area (Å²) in [6.07, 6.45) is 2.26. The van der Waals surface area contributed by atoms with Crippen LogP contribution in [0.5, 0.6) is 0 Å². The highest BCUT2D eigenvalue weighted by molar-refractivity contribution is 8.11. The second-order valence-electron chi connectivity index (χ2n) is 3.07. The predicted octanol–water partition coefficient (Wildman–Crippen LogP) is 1.64. The van der Waals surface area contributed by atoms with Gasteiger partial charge in [0.15, 0.2) is 0 Å². The van der Waals surface area contributed by atoms with E-state index in [1.54, 1.807) is 0 Å². The molecule has 0 bridgehead atoms. The lowest BCUT2D eigenvalue weighted by atomic mass is 10.2. The van der Waals surface area contributed by atoms with E-state index in [0.29, 0.717) is 6.04 Å². The van der Waals surface area contributed by atoms with Crippen LogP contribution in [0.15, 0.2) is 0 Å². The molecular weight excluding hydrogens is 189 g/mol. The molecule has 0 radical (unpaired) electrons. The van der Waals surface area contributed by atoms with Crippen LogP contribution in [0.3, 0.4) is 0 Å². The molecule has 0 aromatic heterocycles. The van der Waals surface area contributed by atoms with Crippen molar-refractivity contribution >= 4 is 18.3 Å². The van der Waals surface area contributed by atoms with E-state index in [4.69, 9.17) is 22.8 Å². The first-order chi connectivity index (χ1) is 5.43. The van der Waals surface area contributed by atoms with E-state index in [1.807, 2.05) is 11.6 Å². The Bertz CT molecular complexity index is 168. The van der Waals surface area contributed by atoms with Crippen LogP contribution in [-0.4, -0.2) is 17.3 Å². The summed E-state index contributed by atoms with van der Waals surface area (Å²) < 4.78 is 2.05. The molecule has 0 rings (SSSR count). The van der Waals surface area contributed by atoms with E-state index >= 15 is 0 Å². The van der Waals surface area contributed by atoms with Crippen molar-refractivity contribution in [3.8, 4) is 0 Å². The van der Waals surface area contributed by atoms with E-state index in [2.05, 4.69) is 13.8 Å². The molecule has 0 aromatic rings. The first-order valence-corrected chi connectivity index (χ1v) is 7.27. The Kier molecular flexibility index (Phi) is 5.53. The average Bonchev–Trinajstić information content (AvgIpc) is 1.85. The van der Waals surface area contributed by atoms with Gasteiger partial charge < -0.3 is 0 Å². The molecule has 5 heteroatoms. The third kappa shape index (κ3) is 3.97. The maximum atomic E-state index is 5.75. The van der Waals surface area contributed by atoms with Crippen molar-refractivity contribution in [3.05, 3.63) is 0 Å².